The summed E-state index contributed by atoms with van der Waals surface area (Å²) in [6.45, 7) is -0.501. The van der Waals surface area contributed by atoms with E-state index < -0.39 is 48.4 Å². The Hall–Kier alpha value is -3.06. The molecule has 136 valence electrons. The summed E-state index contributed by atoms with van der Waals surface area (Å²) in [5.41, 5.74) is -2.70. The normalized spacial score (nSPS) is 11.6. The van der Waals surface area contributed by atoms with Crippen molar-refractivity contribution in [2.45, 2.75) is 25.6 Å². The van der Waals surface area contributed by atoms with E-state index in [1.165, 1.54) is 14.1 Å². The first-order valence-electron chi connectivity index (χ1n) is 6.89. The summed E-state index contributed by atoms with van der Waals surface area (Å²) in [5, 5.41) is 16.0. The van der Waals surface area contributed by atoms with E-state index in [0.29, 0.717) is 9.25 Å². The van der Waals surface area contributed by atoms with Crippen molar-refractivity contribution in [3.8, 4) is 0 Å². The van der Waals surface area contributed by atoms with E-state index in [4.69, 9.17) is 0 Å². The number of rotatable bonds is 5. The average Bonchev–Trinajstić information content (AvgIpc) is 2.90. The largest absolute Gasteiger partial charge is 0.389 e. The molecule has 1 amide bonds. The van der Waals surface area contributed by atoms with Gasteiger partial charge in [0, 0.05) is 27.1 Å². The monoisotopic (exact) mass is 362 g/mol. The van der Waals surface area contributed by atoms with E-state index in [0.717, 1.165) is 4.68 Å². The maximum absolute atomic E-state index is 12.2. The van der Waals surface area contributed by atoms with Gasteiger partial charge in [-0.1, -0.05) is 5.10 Å². The van der Waals surface area contributed by atoms with Gasteiger partial charge in [0.2, 0.25) is 11.6 Å². The molecule has 0 radical (unpaired) electrons. The van der Waals surface area contributed by atoms with Crippen molar-refractivity contribution in [3.63, 3.8) is 0 Å². The van der Waals surface area contributed by atoms with Crippen LogP contribution in [0.15, 0.2) is 9.59 Å². The van der Waals surface area contributed by atoms with Crippen molar-refractivity contribution < 1.29 is 18.0 Å². The number of alkyl halides is 3. The van der Waals surface area contributed by atoms with Gasteiger partial charge < -0.3 is 0 Å². The Balaban J connectivity index is 2.30. The van der Waals surface area contributed by atoms with Crippen LogP contribution in [-0.2, 0) is 20.6 Å². The van der Waals surface area contributed by atoms with Crippen LogP contribution in [0.25, 0.3) is 0 Å². The molecule has 0 bridgehead atoms. The highest BCUT2D eigenvalue weighted by atomic mass is 19.4. The Kier molecular flexibility index (Phi) is 4.99. The van der Waals surface area contributed by atoms with Crippen LogP contribution < -0.4 is 16.6 Å². The third-order valence-corrected chi connectivity index (χ3v) is 3.11. The van der Waals surface area contributed by atoms with Gasteiger partial charge in [-0.3, -0.25) is 19.5 Å². The first-order chi connectivity index (χ1) is 11.6. The first kappa shape index (κ1) is 18.3. The second-order valence-electron chi connectivity index (χ2n) is 5.01. The van der Waals surface area contributed by atoms with Crippen LogP contribution in [0.2, 0.25) is 0 Å². The van der Waals surface area contributed by atoms with Crippen molar-refractivity contribution in [3.05, 3.63) is 26.5 Å². The van der Waals surface area contributed by atoms with Gasteiger partial charge in [0.15, 0.2) is 0 Å². The number of hydrogen-bond acceptors (Lipinski definition) is 7. The number of tetrazole rings is 1. The number of amides is 1. The van der Waals surface area contributed by atoms with E-state index in [1.54, 1.807) is 0 Å². The predicted molar refractivity (Wildman–Crippen MR) is 75.8 cm³/mol. The summed E-state index contributed by atoms with van der Waals surface area (Å²) in [7, 11) is 2.60. The van der Waals surface area contributed by atoms with Crippen LogP contribution in [0, 0.1) is 0 Å². The Labute approximate surface area is 137 Å². The zero-order valence-electron chi connectivity index (χ0n) is 13.1. The minimum atomic E-state index is -4.42. The number of aromatic nitrogens is 7. The number of hydrogen-bond donors (Lipinski definition) is 1. The lowest BCUT2D eigenvalue weighted by Gasteiger charge is -2.10. The van der Waals surface area contributed by atoms with E-state index in [2.05, 4.69) is 25.9 Å². The molecule has 2 aromatic heterocycles. The van der Waals surface area contributed by atoms with Crippen LogP contribution in [0.5, 0.6) is 0 Å². The minimum absolute atomic E-state index is 0.0799. The molecule has 1 N–H and O–H groups in total. The number of aryl methyl sites for hydroxylation is 2. The van der Waals surface area contributed by atoms with Gasteiger partial charge in [-0.25, -0.2) is 14.2 Å². The molecule has 11 nitrogen and oxygen atoms in total. The quantitative estimate of drug-likeness (QED) is 0.726. The zero-order chi connectivity index (χ0) is 18.8. The van der Waals surface area contributed by atoms with E-state index in [-0.39, 0.29) is 5.95 Å². The van der Waals surface area contributed by atoms with Crippen molar-refractivity contribution >= 4 is 11.9 Å². The number of nitrogens with one attached hydrogen (secondary N) is 1. The molecule has 0 saturated carbocycles. The van der Waals surface area contributed by atoms with Gasteiger partial charge in [-0.15, -0.1) is 0 Å². The Morgan fingerprint density at radius 1 is 1.20 bits per heavy atom. The molecule has 0 spiro atoms. The lowest BCUT2D eigenvalue weighted by atomic mass is 10.3. The Bertz CT molecular complexity index is 897. The van der Waals surface area contributed by atoms with Crippen LogP contribution >= 0.6 is 0 Å². The summed E-state index contributed by atoms with van der Waals surface area (Å²) in [4.78, 5) is 36.3. The van der Waals surface area contributed by atoms with Gasteiger partial charge in [-0.2, -0.15) is 18.3 Å². The third kappa shape index (κ3) is 4.27. The van der Waals surface area contributed by atoms with Crippen molar-refractivity contribution in [1.82, 2.24) is 34.6 Å². The summed E-state index contributed by atoms with van der Waals surface area (Å²) in [6.07, 6.45) is -6.08. The number of carbonyl (C=O) groups is 1. The number of carbonyl (C=O) groups excluding carboxylic acids is 1. The number of nitrogens with zero attached hydrogens (tertiary/aromatic N) is 7. The fourth-order valence-corrected chi connectivity index (χ4v) is 1.90. The molecular weight excluding hydrogens is 349 g/mol. The van der Waals surface area contributed by atoms with Crippen LogP contribution in [0.1, 0.15) is 23.3 Å². The van der Waals surface area contributed by atoms with E-state index in [9.17, 15) is 27.6 Å². The first-order valence-corrected chi connectivity index (χ1v) is 6.89. The molecule has 0 unspecified atom stereocenters. The molecule has 2 rings (SSSR count). The van der Waals surface area contributed by atoms with Gasteiger partial charge in [-0.05, 0) is 16.8 Å². The van der Waals surface area contributed by atoms with Crippen molar-refractivity contribution in [2.24, 2.45) is 14.1 Å². The molecule has 0 atom stereocenters. The van der Waals surface area contributed by atoms with Crippen molar-refractivity contribution in [1.29, 1.82) is 0 Å². The highest BCUT2D eigenvalue weighted by molar-refractivity contribution is 6.01. The van der Waals surface area contributed by atoms with Gasteiger partial charge in [0.1, 0.15) is 0 Å². The van der Waals surface area contributed by atoms with Gasteiger partial charge in [0.25, 0.3) is 11.5 Å². The van der Waals surface area contributed by atoms with Gasteiger partial charge >= 0.3 is 11.9 Å². The zero-order valence-corrected chi connectivity index (χ0v) is 13.1. The molecule has 2 heterocycles. The SMILES string of the molecule is Cn1nnnc1NC(=O)c1nn(C)c(=O)n(CCCC(F)(F)F)c1=O. The minimum Gasteiger partial charge on any atom is -0.288 e. The fourth-order valence-electron chi connectivity index (χ4n) is 1.90. The number of halogens is 3. The predicted octanol–water partition coefficient (Wildman–Crippen LogP) is -0.940. The maximum atomic E-state index is 12.2. The molecule has 25 heavy (non-hydrogen) atoms. The highest BCUT2D eigenvalue weighted by Gasteiger charge is 2.27. The standard InChI is InChI=1S/C11H13F3N8O3/c1-20-9(16-18-19-20)15-7(23)6-8(24)22(10(25)21(2)17-6)5-3-4-11(12,13)14/h3-5H2,1-2H3,(H,15,16,19,23). The van der Waals surface area contributed by atoms with E-state index in [1.807, 2.05) is 0 Å². The Morgan fingerprint density at radius 3 is 2.44 bits per heavy atom. The number of anilines is 1. The molecular formula is C11H13F3N8O3. The second-order valence-corrected chi connectivity index (χ2v) is 5.01. The van der Waals surface area contributed by atoms with Crippen molar-refractivity contribution in [2.75, 3.05) is 5.32 Å². The maximum Gasteiger partial charge on any atom is 0.389 e. The second kappa shape index (κ2) is 6.82. The molecule has 0 fully saturated rings. The average molecular weight is 362 g/mol. The summed E-state index contributed by atoms with van der Waals surface area (Å²) < 4.78 is 39.0. The van der Waals surface area contributed by atoms with Gasteiger partial charge in [0.05, 0.1) is 0 Å². The van der Waals surface area contributed by atoms with Crippen LogP contribution in [-0.4, -0.2) is 46.6 Å². The summed E-state index contributed by atoms with van der Waals surface area (Å²) in [5.74, 6) is -1.08. The fraction of sp³-hybridized carbons (Fsp3) is 0.545. The molecule has 0 aromatic carbocycles. The summed E-state index contributed by atoms with van der Waals surface area (Å²) >= 11 is 0. The topological polar surface area (TPSA) is 130 Å². The summed E-state index contributed by atoms with van der Waals surface area (Å²) in [6, 6.07) is 0. The molecule has 0 aliphatic carbocycles. The molecule has 0 aliphatic heterocycles. The lowest BCUT2D eigenvalue weighted by molar-refractivity contribution is -0.136. The van der Waals surface area contributed by atoms with E-state index >= 15 is 0 Å². The highest BCUT2D eigenvalue weighted by Crippen LogP contribution is 2.21. The Morgan fingerprint density at radius 2 is 1.88 bits per heavy atom. The van der Waals surface area contributed by atoms with Crippen LogP contribution in [0.4, 0.5) is 19.1 Å². The smallest absolute Gasteiger partial charge is 0.288 e. The molecule has 0 aliphatic rings. The van der Waals surface area contributed by atoms with Crippen LogP contribution in [0.3, 0.4) is 0 Å². The third-order valence-electron chi connectivity index (χ3n) is 3.11. The lowest BCUT2D eigenvalue weighted by Crippen LogP contribution is -2.44. The molecule has 14 heteroatoms. The molecule has 2 aromatic rings. The molecule has 0 saturated heterocycles.